The molecule has 2 heterocycles. The molecule has 152 valence electrons. The van der Waals surface area contributed by atoms with Crippen LogP contribution in [0, 0.1) is 17.8 Å². The van der Waals surface area contributed by atoms with Gasteiger partial charge in [-0.2, -0.15) is 0 Å². The monoisotopic (exact) mass is 395 g/mol. The lowest BCUT2D eigenvalue weighted by Gasteiger charge is -2.56. The van der Waals surface area contributed by atoms with Gasteiger partial charge >= 0.3 is 0 Å². The summed E-state index contributed by atoms with van der Waals surface area (Å²) in [5.41, 5.74) is 0.281. The molecule has 1 saturated heterocycles. The fourth-order valence-corrected chi connectivity index (χ4v) is 6.50. The van der Waals surface area contributed by atoms with Crippen LogP contribution in [0.25, 0.3) is 0 Å². The first kappa shape index (κ1) is 19.5. The van der Waals surface area contributed by atoms with Crippen molar-refractivity contribution in [3.05, 3.63) is 6.20 Å². The lowest BCUT2D eigenvalue weighted by Crippen LogP contribution is -2.52. The Morgan fingerprint density at radius 3 is 2.33 bits per heavy atom. The van der Waals surface area contributed by atoms with Crippen molar-refractivity contribution >= 4 is 18.2 Å². The Bertz CT molecular complexity index is 594. The quantitative estimate of drug-likeness (QED) is 0.741. The molecule has 4 aliphatic carbocycles. The average molecular weight is 396 g/mol. The number of hydrogen-bond acceptors (Lipinski definition) is 5. The third-order valence-corrected chi connectivity index (χ3v) is 7.47. The second-order valence-electron chi connectivity index (χ2n) is 9.20. The third-order valence-electron chi connectivity index (χ3n) is 7.47. The van der Waals surface area contributed by atoms with Crippen molar-refractivity contribution in [1.82, 2.24) is 19.9 Å². The van der Waals surface area contributed by atoms with Gasteiger partial charge in [0.15, 0.2) is 5.82 Å². The lowest BCUT2D eigenvalue weighted by molar-refractivity contribution is -0.0502. The molecular weight excluding hydrogens is 362 g/mol. The fraction of sp³-hybridized carbons (Fsp3) is 0.900. The van der Waals surface area contributed by atoms with E-state index in [2.05, 4.69) is 37.9 Å². The van der Waals surface area contributed by atoms with E-state index in [4.69, 9.17) is 4.74 Å². The summed E-state index contributed by atoms with van der Waals surface area (Å²) in [5.74, 6) is 3.89. The molecule has 0 N–H and O–H groups in total. The maximum absolute atomic E-state index is 5.46. The summed E-state index contributed by atoms with van der Waals surface area (Å²) >= 11 is 0. The highest BCUT2D eigenvalue weighted by atomic mass is 35.5. The van der Waals surface area contributed by atoms with Gasteiger partial charge in [0, 0.05) is 32.7 Å². The Morgan fingerprint density at radius 1 is 1.11 bits per heavy atom. The van der Waals surface area contributed by atoms with Gasteiger partial charge in [-0.25, -0.2) is 4.68 Å². The van der Waals surface area contributed by atoms with Crippen LogP contribution in [0.15, 0.2) is 6.20 Å². The summed E-state index contributed by atoms with van der Waals surface area (Å²) in [6, 6.07) is 0. The normalized spacial score (nSPS) is 35.2. The molecule has 6 rings (SSSR count). The second kappa shape index (κ2) is 7.88. The molecule has 6 nitrogen and oxygen atoms in total. The Morgan fingerprint density at radius 2 is 1.74 bits per heavy atom. The molecule has 4 saturated carbocycles. The van der Waals surface area contributed by atoms with Crippen LogP contribution < -0.4 is 4.90 Å². The van der Waals surface area contributed by atoms with Crippen molar-refractivity contribution in [3.8, 4) is 0 Å². The topological polar surface area (TPSA) is 46.4 Å². The van der Waals surface area contributed by atoms with Gasteiger partial charge < -0.3 is 9.64 Å². The molecule has 0 atom stereocenters. The average Bonchev–Trinajstić information content (AvgIpc) is 3.13. The van der Waals surface area contributed by atoms with Crippen LogP contribution >= 0.6 is 12.4 Å². The zero-order valence-electron chi connectivity index (χ0n) is 16.6. The Kier molecular flexibility index (Phi) is 5.68. The van der Waals surface area contributed by atoms with E-state index in [9.17, 15) is 0 Å². The number of ether oxygens (including phenoxy) is 1. The molecule has 0 radical (unpaired) electrons. The van der Waals surface area contributed by atoms with E-state index in [1.165, 1.54) is 38.5 Å². The lowest BCUT2D eigenvalue weighted by atomic mass is 9.53. The number of anilines is 1. The van der Waals surface area contributed by atoms with Crippen molar-refractivity contribution in [2.75, 3.05) is 50.8 Å². The van der Waals surface area contributed by atoms with Crippen LogP contribution in [0.3, 0.4) is 0 Å². The number of hydrogen-bond donors (Lipinski definition) is 0. The van der Waals surface area contributed by atoms with Gasteiger partial charge in [0.2, 0.25) is 0 Å². The van der Waals surface area contributed by atoms with Crippen molar-refractivity contribution in [3.63, 3.8) is 0 Å². The third kappa shape index (κ3) is 3.73. The first-order valence-electron chi connectivity index (χ1n) is 10.7. The smallest absolute Gasteiger partial charge is 0.171 e. The van der Waals surface area contributed by atoms with E-state index < -0.39 is 0 Å². The predicted molar refractivity (Wildman–Crippen MR) is 109 cm³/mol. The maximum atomic E-state index is 5.46. The van der Waals surface area contributed by atoms with Crippen molar-refractivity contribution in [1.29, 1.82) is 0 Å². The summed E-state index contributed by atoms with van der Waals surface area (Å²) in [6.07, 6.45) is 10.7. The van der Waals surface area contributed by atoms with Crippen LogP contribution in [-0.2, 0) is 10.3 Å². The molecule has 1 aromatic rings. The molecule has 0 spiro atoms. The van der Waals surface area contributed by atoms with Gasteiger partial charge in [0.25, 0.3) is 0 Å². The Labute approximate surface area is 169 Å². The van der Waals surface area contributed by atoms with E-state index in [1.807, 2.05) is 0 Å². The van der Waals surface area contributed by atoms with Crippen LogP contribution in [0.4, 0.5) is 5.82 Å². The predicted octanol–water partition coefficient (Wildman–Crippen LogP) is 2.78. The number of rotatable bonds is 6. The Balaban J connectivity index is 0.00000180. The van der Waals surface area contributed by atoms with Crippen molar-refractivity contribution < 1.29 is 4.74 Å². The minimum atomic E-state index is 0. The Hall–Kier alpha value is -0.850. The van der Waals surface area contributed by atoms with Crippen LogP contribution in [-0.4, -0.2) is 65.8 Å². The number of nitrogens with zero attached hydrogens (tertiary/aromatic N) is 5. The molecule has 7 heteroatoms. The maximum Gasteiger partial charge on any atom is 0.171 e. The first-order chi connectivity index (χ1) is 12.7. The molecular formula is C20H34ClN5O. The fourth-order valence-electron chi connectivity index (χ4n) is 6.50. The van der Waals surface area contributed by atoms with E-state index in [0.717, 1.165) is 69.5 Å². The molecule has 27 heavy (non-hydrogen) atoms. The van der Waals surface area contributed by atoms with E-state index in [-0.39, 0.29) is 17.9 Å². The van der Waals surface area contributed by atoms with Gasteiger partial charge in [-0.3, -0.25) is 4.90 Å². The first-order valence-corrected chi connectivity index (χ1v) is 10.7. The largest absolute Gasteiger partial charge is 0.379 e. The second-order valence-corrected chi connectivity index (χ2v) is 9.20. The molecule has 5 aliphatic rings. The minimum Gasteiger partial charge on any atom is -0.379 e. The summed E-state index contributed by atoms with van der Waals surface area (Å²) in [5, 5.41) is 9.27. The molecule has 1 aromatic heterocycles. The minimum absolute atomic E-state index is 0. The number of aromatic nitrogens is 3. The van der Waals surface area contributed by atoms with Crippen LogP contribution in [0.2, 0.25) is 0 Å². The van der Waals surface area contributed by atoms with Crippen molar-refractivity contribution in [2.45, 2.75) is 51.0 Å². The molecule has 5 fully saturated rings. The number of halogens is 1. The molecule has 1 aliphatic heterocycles. The van der Waals surface area contributed by atoms with Crippen LogP contribution in [0.1, 0.15) is 45.4 Å². The van der Waals surface area contributed by atoms with E-state index >= 15 is 0 Å². The highest BCUT2D eigenvalue weighted by Gasteiger charge is 2.52. The van der Waals surface area contributed by atoms with Gasteiger partial charge in [0.1, 0.15) is 0 Å². The molecule has 0 unspecified atom stereocenters. The zero-order chi connectivity index (χ0) is 17.6. The summed E-state index contributed by atoms with van der Waals surface area (Å²) in [7, 11) is 0. The van der Waals surface area contributed by atoms with Gasteiger partial charge in [-0.15, -0.1) is 17.5 Å². The van der Waals surface area contributed by atoms with Gasteiger partial charge in [0.05, 0.1) is 24.9 Å². The van der Waals surface area contributed by atoms with Gasteiger partial charge in [-0.1, -0.05) is 5.21 Å². The zero-order valence-corrected chi connectivity index (χ0v) is 17.4. The SMILES string of the molecule is CCN(CCN1CCOCC1)c1cn(C23CC4CC(CC(C4)C2)C3)nn1.Cl. The standard InChI is InChI=1S/C20H33N5O.ClH/c1-2-24(4-3-23-5-7-26-8-6-23)19-15-25(22-21-19)20-12-16-9-17(13-20)11-18(10-16)14-20;/h15-18H,2-14H2,1H3;1H. The highest BCUT2D eigenvalue weighted by molar-refractivity contribution is 5.85. The van der Waals surface area contributed by atoms with Crippen molar-refractivity contribution in [2.24, 2.45) is 17.8 Å². The van der Waals surface area contributed by atoms with E-state index in [1.54, 1.807) is 0 Å². The number of morpholine rings is 1. The highest BCUT2D eigenvalue weighted by Crippen LogP contribution is 2.58. The number of likely N-dealkylation sites (N-methyl/N-ethyl adjacent to an activating group) is 1. The summed E-state index contributed by atoms with van der Waals surface area (Å²) in [4.78, 5) is 4.88. The molecule has 0 aromatic carbocycles. The van der Waals surface area contributed by atoms with E-state index in [0.29, 0.717) is 0 Å². The summed E-state index contributed by atoms with van der Waals surface area (Å²) < 4.78 is 7.74. The van der Waals surface area contributed by atoms with Crippen LogP contribution in [0.5, 0.6) is 0 Å². The van der Waals surface area contributed by atoms with Gasteiger partial charge in [-0.05, 0) is 63.2 Å². The molecule has 0 amide bonds. The summed E-state index contributed by atoms with van der Waals surface area (Å²) in [6.45, 7) is 9.17. The molecule has 4 bridgehead atoms.